The number of ether oxygens (including phenoxy) is 1. The van der Waals surface area contributed by atoms with Gasteiger partial charge in [-0.3, -0.25) is 0 Å². The predicted octanol–water partition coefficient (Wildman–Crippen LogP) is 1.31. The molecule has 0 aliphatic carbocycles. The van der Waals surface area contributed by atoms with Gasteiger partial charge in [-0.05, 0) is 18.6 Å². The fourth-order valence-electron chi connectivity index (χ4n) is 1.81. The van der Waals surface area contributed by atoms with E-state index < -0.39 is 11.8 Å². The maximum absolute atomic E-state index is 13.2. The first-order valence-corrected chi connectivity index (χ1v) is 5.25. The highest BCUT2D eigenvalue weighted by molar-refractivity contribution is 6.00. The van der Waals surface area contributed by atoms with Gasteiger partial charge in [0.15, 0.2) is 0 Å². The Morgan fingerprint density at radius 2 is 2.35 bits per heavy atom. The van der Waals surface area contributed by atoms with E-state index in [1.54, 1.807) is 0 Å². The molecule has 1 aromatic rings. The molecule has 1 unspecified atom stereocenters. The molecule has 1 saturated heterocycles. The molecule has 0 saturated carbocycles. The van der Waals surface area contributed by atoms with Crippen molar-refractivity contribution in [3.63, 3.8) is 0 Å². The first-order chi connectivity index (χ1) is 8.09. The molecule has 1 atom stereocenters. The fraction of sp³-hybridized carbons (Fsp3) is 0.364. The highest BCUT2D eigenvalue weighted by atomic mass is 19.1. The minimum Gasteiger partial charge on any atom is -0.478 e. The molecule has 0 aromatic heterocycles. The van der Waals surface area contributed by atoms with Crippen molar-refractivity contribution in [2.45, 2.75) is 12.5 Å². The first-order valence-electron chi connectivity index (χ1n) is 5.25. The SMILES string of the molecule is Nc1c(F)ccc(NC2CCOC2)c1C(=O)O. The Morgan fingerprint density at radius 1 is 1.59 bits per heavy atom. The van der Waals surface area contributed by atoms with Crippen LogP contribution in [0.3, 0.4) is 0 Å². The van der Waals surface area contributed by atoms with E-state index in [1.165, 1.54) is 6.07 Å². The Hall–Kier alpha value is -1.82. The number of carbonyl (C=O) groups is 1. The van der Waals surface area contributed by atoms with E-state index >= 15 is 0 Å². The second kappa shape index (κ2) is 4.58. The molecule has 0 amide bonds. The van der Waals surface area contributed by atoms with Crippen molar-refractivity contribution in [3.8, 4) is 0 Å². The van der Waals surface area contributed by atoms with Crippen LogP contribution in [-0.2, 0) is 4.74 Å². The maximum atomic E-state index is 13.2. The van der Waals surface area contributed by atoms with Crippen molar-refractivity contribution in [2.24, 2.45) is 0 Å². The van der Waals surface area contributed by atoms with Gasteiger partial charge >= 0.3 is 5.97 Å². The molecule has 1 aliphatic heterocycles. The molecule has 5 nitrogen and oxygen atoms in total. The van der Waals surface area contributed by atoms with E-state index in [-0.39, 0.29) is 17.3 Å². The van der Waals surface area contributed by atoms with Crippen molar-refractivity contribution >= 4 is 17.3 Å². The lowest BCUT2D eigenvalue weighted by atomic mass is 10.1. The van der Waals surface area contributed by atoms with Crippen LogP contribution >= 0.6 is 0 Å². The van der Waals surface area contributed by atoms with Crippen molar-refractivity contribution in [1.82, 2.24) is 0 Å². The van der Waals surface area contributed by atoms with Gasteiger partial charge in [0.2, 0.25) is 0 Å². The van der Waals surface area contributed by atoms with Crippen LogP contribution in [0, 0.1) is 5.82 Å². The molecule has 1 aliphatic rings. The largest absolute Gasteiger partial charge is 0.478 e. The second-order valence-electron chi connectivity index (χ2n) is 3.89. The molecule has 92 valence electrons. The van der Waals surface area contributed by atoms with Gasteiger partial charge in [-0.2, -0.15) is 0 Å². The predicted molar refractivity (Wildman–Crippen MR) is 60.6 cm³/mol. The number of benzene rings is 1. The third-order valence-electron chi connectivity index (χ3n) is 2.70. The third-order valence-corrected chi connectivity index (χ3v) is 2.70. The van der Waals surface area contributed by atoms with Crippen LogP contribution in [0.2, 0.25) is 0 Å². The third kappa shape index (κ3) is 2.31. The van der Waals surface area contributed by atoms with Crippen molar-refractivity contribution in [3.05, 3.63) is 23.5 Å². The number of carboxylic acids is 1. The number of carboxylic acid groups (broad SMARTS) is 1. The van der Waals surface area contributed by atoms with Crippen LogP contribution < -0.4 is 11.1 Å². The van der Waals surface area contributed by atoms with Crippen LogP contribution in [-0.4, -0.2) is 30.3 Å². The Labute approximate surface area is 97.4 Å². The maximum Gasteiger partial charge on any atom is 0.340 e. The van der Waals surface area contributed by atoms with Gasteiger partial charge < -0.3 is 20.9 Å². The number of nitrogens with one attached hydrogen (secondary N) is 1. The monoisotopic (exact) mass is 240 g/mol. The normalized spacial score (nSPS) is 19.2. The summed E-state index contributed by atoms with van der Waals surface area (Å²) in [5.74, 6) is -1.97. The van der Waals surface area contributed by atoms with Crippen LogP contribution in [0.25, 0.3) is 0 Å². The minimum absolute atomic E-state index is 0.0398. The van der Waals surface area contributed by atoms with E-state index in [0.717, 1.165) is 12.5 Å². The van der Waals surface area contributed by atoms with E-state index in [2.05, 4.69) is 5.32 Å². The summed E-state index contributed by atoms with van der Waals surface area (Å²) in [6, 6.07) is 2.57. The Balaban J connectivity index is 2.32. The zero-order valence-corrected chi connectivity index (χ0v) is 9.07. The van der Waals surface area contributed by atoms with Gasteiger partial charge in [-0.1, -0.05) is 0 Å². The molecule has 1 fully saturated rings. The number of anilines is 2. The van der Waals surface area contributed by atoms with Crippen LogP contribution in [0.4, 0.5) is 15.8 Å². The lowest BCUT2D eigenvalue weighted by Gasteiger charge is -2.15. The van der Waals surface area contributed by atoms with E-state index in [4.69, 9.17) is 15.6 Å². The topological polar surface area (TPSA) is 84.6 Å². The van der Waals surface area contributed by atoms with Gasteiger partial charge in [0.05, 0.1) is 24.0 Å². The van der Waals surface area contributed by atoms with Gasteiger partial charge in [0, 0.05) is 6.61 Å². The summed E-state index contributed by atoms with van der Waals surface area (Å²) >= 11 is 0. The number of aromatic carboxylic acids is 1. The molecule has 2 rings (SSSR count). The summed E-state index contributed by atoms with van der Waals surface area (Å²) in [6.07, 6.45) is 0.788. The average Bonchev–Trinajstić information content (AvgIpc) is 2.76. The zero-order chi connectivity index (χ0) is 12.4. The molecule has 1 heterocycles. The summed E-state index contributed by atoms with van der Waals surface area (Å²) in [4.78, 5) is 11.1. The highest BCUT2D eigenvalue weighted by Crippen LogP contribution is 2.26. The molecule has 17 heavy (non-hydrogen) atoms. The minimum atomic E-state index is -1.25. The summed E-state index contributed by atoms with van der Waals surface area (Å²) in [7, 11) is 0. The summed E-state index contributed by atoms with van der Waals surface area (Å²) < 4.78 is 18.4. The van der Waals surface area contributed by atoms with E-state index in [1.807, 2.05) is 0 Å². The quantitative estimate of drug-likeness (QED) is 0.693. The number of hydrogen-bond acceptors (Lipinski definition) is 4. The number of hydrogen-bond donors (Lipinski definition) is 3. The molecular formula is C11H13FN2O3. The van der Waals surface area contributed by atoms with Gasteiger partial charge in [-0.25, -0.2) is 9.18 Å². The highest BCUT2D eigenvalue weighted by Gasteiger charge is 2.21. The molecule has 0 radical (unpaired) electrons. The van der Waals surface area contributed by atoms with E-state index in [9.17, 15) is 9.18 Å². The zero-order valence-electron chi connectivity index (χ0n) is 9.07. The number of nitrogens with two attached hydrogens (primary N) is 1. The second-order valence-corrected chi connectivity index (χ2v) is 3.89. The van der Waals surface area contributed by atoms with Gasteiger partial charge in [0.25, 0.3) is 0 Å². The summed E-state index contributed by atoms with van der Waals surface area (Å²) in [5, 5.41) is 12.0. The molecule has 0 bridgehead atoms. The van der Waals surface area contributed by atoms with E-state index in [0.29, 0.717) is 18.9 Å². The molecular weight excluding hydrogens is 227 g/mol. The van der Waals surface area contributed by atoms with Gasteiger partial charge in [0.1, 0.15) is 11.4 Å². The van der Waals surface area contributed by atoms with Crippen LogP contribution in [0.15, 0.2) is 12.1 Å². The lowest BCUT2D eigenvalue weighted by Crippen LogP contribution is -2.21. The molecule has 0 spiro atoms. The van der Waals surface area contributed by atoms with Gasteiger partial charge in [-0.15, -0.1) is 0 Å². The summed E-state index contributed by atoms with van der Waals surface area (Å²) in [6.45, 7) is 1.15. The Bertz CT molecular complexity index is 445. The van der Waals surface area contributed by atoms with Crippen molar-refractivity contribution in [1.29, 1.82) is 0 Å². The first kappa shape index (κ1) is 11.7. The molecule has 1 aromatic carbocycles. The van der Waals surface area contributed by atoms with Crippen LogP contribution in [0.1, 0.15) is 16.8 Å². The average molecular weight is 240 g/mol. The fourth-order valence-corrected chi connectivity index (χ4v) is 1.81. The number of halogens is 1. The van der Waals surface area contributed by atoms with Crippen LogP contribution in [0.5, 0.6) is 0 Å². The number of rotatable bonds is 3. The standard InChI is InChI=1S/C11H13FN2O3/c12-7-1-2-8(9(10(7)13)11(15)16)14-6-3-4-17-5-6/h1-2,6,14H,3-5,13H2,(H,15,16). The smallest absolute Gasteiger partial charge is 0.340 e. The van der Waals surface area contributed by atoms with Crippen molar-refractivity contribution in [2.75, 3.05) is 24.3 Å². The summed E-state index contributed by atoms with van der Waals surface area (Å²) in [5.41, 5.74) is 5.19. The molecule has 6 heteroatoms. The Kier molecular flexibility index (Phi) is 3.14. The van der Waals surface area contributed by atoms with Crippen molar-refractivity contribution < 1.29 is 19.0 Å². The Morgan fingerprint density at radius 3 is 2.94 bits per heavy atom. The molecule has 4 N–H and O–H groups in total. The lowest BCUT2D eigenvalue weighted by molar-refractivity contribution is 0.0698. The number of nitrogen functional groups attached to an aromatic ring is 1.